The van der Waals surface area contributed by atoms with Gasteiger partial charge in [0.25, 0.3) is 0 Å². The predicted octanol–water partition coefficient (Wildman–Crippen LogP) is 4.53. The fourth-order valence-electron chi connectivity index (χ4n) is 3.80. The molecule has 0 spiro atoms. The molecule has 1 atom stereocenters. The molecular weight excluding hydrogens is 296 g/mol. The van der Waals surface area contributed by atoms with E-state index in [4.69, 9.17) is 0 Å². The quantitative estimate of drug-likeness (QED) is 0.744. The number of aromatic amines is 2. The molecular formula is C20H26N4. The van der Waals surface area contributed by atoms with Crippen LogP contribution in [0.15, 0.2) is 24.3 Å². The molecule has 0 saturated heterocycles. The van der Waals surface area contributed by atoms with Crippen molar-refractivity contribution >= 4 is 16.6 Å². The van der Waals surface area contributed by atoms with Gasteiger partial charge >= 0.3 is 0 Å². The van der Waals surface area contributed by atoms with E-state index in [1.807, 2.05) is 0 Å². The van der Waals surface area contributed by atoms with Crippen LogP contribution in [0.2, 0.25) is 0 Å². The zero-order chi connectivity index (χ0) is 16.9. The maximum atomic E-state index is 4.65. The topological polar surface area (TPSA) is 47.7 Å². The maximum absolute atomic E-state index is 4.65. The van der Waals surface area contributed by atoms with E-state index in [1.165, 1.54) is 40.7 Å². The molecule has 0 bridgehead atoms. The third-order valence-electron chi connectivity index (χ3n) is 5.77. The molecule has 1 aromatic carbocycles. The minimum atomic E-state index is 0.415. The van der Waals surface area contributed by atoms with E-state index >= 15 is 0 Å². The van der Waals surface area contributed by atoms with Crippen LogP contribution in [-0.2, 0) is 12.8 Å². The van der Waals surface area contributed by atoms with Crippen LogP contribution in [0, 0.1) is 5.41 Å². The van der Waals surface area contributed by atoms with Gasteiger partial charge in [-0.05, 0) is 42.9 Å². The Bertz CT molecular complexity index is 886. The number of H-pyrrole nitrogens is 2. The number of fused-ring (bicyclic) bond motifs is 2. The zero-order valence-corrected chi connectivity index (χ0v) is 15.0. The van der Waals surface area contributed by atoms with Crippen LogP contribution < -0.4 is 4.90 Å². The monoisotopic (exact) mass is 322 g/mol. The van der Waals surface area contributed by atoms with E-state index in [2.05, 4.69) is 72.3 Å². The minimum absolute atomic E-state index is 0.415. The van der Waals surface area contributed by atoms with Crippen molar-refractivity contribution in [1.82, 2.24) is 15.2 Å². The lowest BCUT2D eigenvalue weighted by Gasteiger charge is -2.32. The third kappa shape index (κ3) is 2.41. The van der Waals surface area contributed by atoms with Gasteiger partial charge in [0.2, 0.25) is 0 Å². The summed E-state index contributed by atoms with van der Waals surface area (Å²) in [6, 6.07) is 8.76. The normalized spacial score (nSPS) is 20.3. The molecule has 1 unspecified atom stereocenters. The van der Waals surface area contributed by atoms with Crippen LogP contribution in [0.5, 0.6) is 0 Å². The number of nitrogens with one attached hydrogen (secondary N) is 2. The highest BCUT2D eigenvalue weighted by molar-refractivity contribution is 5.88. The molecule has 0 aliphatic heterocycles. The van der Waals surface area contributed by atoms with Gasteiger partial charge in [-0.2, -0.15) is 5.10 Å². The fraction of sp³-hybridized carbons (Fsp3) is 0.450. The van der Waals surface area contributed by atoms with E-state index in [0.29, 0.717) is 5.41 Å². The van der Waals surface area contributed by atoms with Crippen molar-refractivity contribution < 1.29 is 0 Å². The highest BCUT2D eigenvalue weighted by Crippen LogP contribution is 2.40. The summed E-state index contributed by atoms with van der Waals surface area (Å²) in [5, 5.41) is 9.20. The highest BCUT2D eigenvalue weighted by atomic mass is 15.1. The van der Waals surface area contributed by atoms with Crippen molar-refractivity contribution in [3.63, 3.8) is 0 Å². The van der Waals surface area contributed by atoms with E-state index in [-0.39, 0.29) is 0 Å². The summed E-state index contributed by atoms with van der Waals surface area (Å²) in [4.78, 5) is 5.70. The van der Waals surface area contributed by atoms with Gasteiger partial charge in [0.05, 0.1) is 5.69 Å². The van der Waals surface area contributed by atoms with E-state index < -0.39 is 0 Å². The molecule has 0 saturated carbocycles. The van der Waals surface area contributed by atoms with Crippen molar-refractivity contribution in [2.45, 2.75) is 39.5 Å². The van der Waals surface area contributed by atoms with Crippen molar-refractivity contribution in [1.29, 1.82) is 0 Å². The van der Waals surface area contributed by atoms with Gasteiger partial charge in [-0.15, -0.1) is 0 Å². The lowest BCUT2D eigenvalue weighted by atomic mass is 9.73. The van der Waals surface area contributed by atoms with Crippen LogP contribution >= 0.6 is 0 Å². The number of anilines is 1. The Labute approximate surface area is 143 Å². The minimum Gasteiger partial charge on any atom is -0.378 e. The maximum Gasteiger partial charge on any atom is 0.112 e. The number of aromatic nitrogens is 3. The Morgan fingerprint density at radius 2 is 2.08 bits per heavy atom. The average molecular weight is 322 g/mol. The van der Waals surface area contributed by atoms with Gasteiger partial charge in [0.15, 0.2) is 0 Å². The first-order chi connectivity index (χ1) is 11.5. The van der Waals surface area contributed by atoms with Crippen LogP contribution in [0.25, 0.3) is 22.3 Å². The summed E-state index contributed by atoms with van der Waals surface area (Å²) in [5.74, 6) is 0. The largest absolute Gasteiger partial charge is 0.378 e. The summed E-state index contributed by atoms with van der Waals surface area (Å²) < 4.78 is 0. The molecule has 24 heavy (non-hydrogen) atoms. The molecule has 0 radical (unpaired) electrons. The molecule has 3 aromatic rings. The van der Waals surface area contributed by atoms with Gasteiger partial charge in [0.1, 0.15) is 5.69 Å². The zero-order valence-electron chi connectivity index (χ0n) is 15.0. The van der Waals surface area contributed by atoms with Crippen LogP contribution in [0.1, 0.15) is 37.9 Å². The Balaban J connectivity index is 1.74. The van der Waals surface area contributed by atoms with Crippen molar-refractivity contribution in [3.05, 3.63) is 35.5 Å². The number of hydrogen-bond donors (Lipinski definition) is 2. The third-order valence-corrected chi connectivity index (χ3v) is 5.77. The molecule has 1 aliphatic rings. The number of rotatable bonds is 3. The van der Waals surface area contributed by atoms with E-state index in [9.17, 15) is 0 Å². The van der Waals surface area contributed by atoms with Gasteiger partial charge in [0, 0.05) is 41.9 Å². The molecule has 2 heterocycles. The van der Waals surface area contributed by atoms with E-state index in [1.54, 1.807) is 0 Å². The van der Waals surface area contributed by atoms with Gasteiger partial charge in [-0.1, -0.05) is 26.3 Å². The summed E-state index contributed by atoms with van der Waals surface area (Å²) in [6.45, 7) is 4.68. The van der Waals surface area contributed by atoms with Gasteiger partial charge in [-0.25, -0.2) is 0 Å². The highest BCUT2D eigenvalue weighted by Gasteiger charge is 2.31. The molecule has 4 rings (SSSR count). The summed E-state index contributed by atoms with van der Waals surface area (Å²) in [6.07, 6.45) is 4.69. The Hall–Kier alpha value is -2.23. The first kappa shape index (κ1) is 15.3. The summed E-state index contributed by atoms with van der Waals surface area (Å²) >= 11 is 0. The Morgan fingerprint density at radius 1 is 1.25 bits per heavy atom. The average Bonchev–Trinajstić information content (AvgIpc) is 3.16. The van der Waals surface area contributed by atoms with Crippen molar-refractivity contribution in [3.8, 4) is 11.4 Å². The fourth-order valence-corrected chi connectivity index (χ4v) is 3.80. The van der Waals surface area contributed by atoms with Gasteiger partial charge in [-0.3, -0.25) is 5.10 Å². The molecule has 0 amide bonds. The predicted molar refractivity (Wildman–Crippen MR) is 101 cm³/mol. The lowest BCUT2D eigenvalue weighted by Crippen LogP contribution is -2.24. The molecule has 126 valence electrons. The summed E-state index contributed by atoms with van der Waals surface area (Å²) in [5.41, 5.74) is 7.75. The molecule has 4 nitrogen and oxygen atoms in total. The second-order valence-electron chi connectivity index (χ2n) is 7.72. The second kappa shape index (κ2) is 5.40. The lowest BCUT2D eigenvalue weighted by molar-refractivity contribution is 0.265. The number of nitrogens with zero attached hydrogens (tertiary/aromatic N) is 2. The van der Waals surface area contributed by atoms with Crippen LogP contribution in [0.4, 0.5) is 5.69 Å². The first-order valence-corrected chi connectivity index (χ1v) is 8.86. The van der Waals surface area contributed by atoms with E-state index in [0.717, 1.165) is 24.2 Å². The number of hydrogen-bond acceptors (Lipinski definition) is 2. The first-order valence-electron chi connectivity index (χ1n) is 8.86. The molecule has 2 N–H and O–H groups in total. The van der Waals surface area contributed by atoms with Crippen LogP contribution in [0.3, 0.4) is 0 Å². The van der Waals surface area contributed by atoms with Crippen molar-refractivity contribution in [2.24, 2.45) is 5.41 Å². The molecule has 2 aromatic heterocycles. The molecule has 1 aliphatic carbocycles. The molecule has 0 fully saturated rings. The molecule has 4 heteroatoms. The van der Waals surface area contributed by atoms with Crippen molar-refractivity contribution in [2.75, 3.05) is 19.0 Å². The SMILES string of the molecule is CCC1(C)CCc2c(-c3cc4ccc(N(C)C)cc4[nH]3)n[nH]c2C1. The number of benzene rings is 1. The Morgan fingerprint density at radius 3 is 2.83 bits per heavy atom. The Kier molecular flexibility index (Phi) is 3.44. The van der Waals surface area contributed by atoms with Gasteiger partial charge < -0.3 is 9.88 Å². The van der Waals surface area contributed by atoms with Crippen LogP contribution in [-0.4, -0.2) is 29.3 Å². The second-order valence-corrected chi connectivity index (χ2v) is 7.72. The smallest absolute Gasteiger partial charge is 0.112 e. The standard InChI is InChI=1S/C20H26N4/c1-5-20(2)9-8-15-18(12-20)22-23-19(15)17-10-13-6-7-14(24(3)4)11-16(13)21-17/h6-7,10-11,21H,5,8-9,12H2,1-4H3,(H,22,23). The summed E-state index contributed by atoms with van der Waals surface area (Å²) in [7, 11) is 4.14.